The first-order valence-corrected chi connectivity index (χ1v) is 9.93. The molecule has 0 saturated heterocycles. The molecule has 27 heavy (non-hydrogen) atoms. The fourth-order valence-corrected chi connectivity index (χ4v) is 3.28. The van der Waals surface area contributed by atoms with E-state index in [2.05, 4.69) is 43.9 Å². The van der Waals surface area contributed by atoms with Gasteiger partial charge >= 0.3 is 5.97 Å². The van der Waals surface area contributed by atoms with Gasteiger partial charge in [0.1, 0.15) is 0 Å². The summed E-state index contributed by atoms with van der Waals surface area (Å²) in [5.41, 5.74) is 5.89. The van der Waals surface area contributed by atoms with Crippen molar-refractivity contribution in [1.82, 2.24) is 0 Å². The lowest BCUT2D eigenvalue weighted by atomic mass is 9.86. The van der Waals surface area contributed by atoms with E-state index < -0.39 is 0 Å². The molecule has 2 heteroatoms. The van der Waals surface area contributed by atoms with Crippen LogP contribution in [0.2, 0.25) is 0 Å². The van der Waals surface area contributed by atoms with Crippen molar-refractivity contribution in [2.45, 2.75) is 59.3 Å². The average molecular weight is 363 g/mol. The zero-order valence-electron chi connectivity index (χ0n) is 17.0. The van der Waals surface area contributed by atoms with Crippen LogP contribution in [0.3, 0.4) is 0 Å². The van der Waals surface area contributed by atoms with Crippen LogP contribution < -0.4 is 0 Å². The number of unbranched alkanes of at least 4 members (excludes halogenated alkanes) is 3. The molecule has 2 aromatic rings. The third-order valence-corrected chi connectivity index (χ3v) is 4.75. The van der Waals surface area contributed by atoms with Crippen LogP contribution in [0.1, 0.15) is 73.0 Å². The number of carbonyl (C=O) groups excluding carboxylic acids is 1. The molecule has 0 spiro atoms. The van der Waals surface area contributed by atoms with E-state index in [1.165, 1.54) is 7.11 Å². The summed E-state index contributed by atoms with van der Waals surface area (Å²) in [6, 6.07) is 12.4. The molecule has 142 valence electrons. The first kappa shape index (κ1) is 20.8. The largest absolute Gasteiger partial charge is 0.465 e. The molecule has 0 atom stereocenters. The minimum absolute atomic E-state index is 0.269. The minimum atomic E-state index is -0.269. The van der Waals surface area contributed by atoms with Crippen molar-refractivity contribution < 1.29 is 9.53 Å². The number of ether oxygens (including phenoxy) is 1. The number of rotatable bonds is 7. The van der Waals surface area contributed by atoms with Gasteiger partial charge in [-0.25, -0.2) is 4.79 Å². The number of carbonyl (C=O) groups is 1. The summed E-state index contributed by atoms with van der Waals surface area (Å²) in [5, 5.41) is 0. The second-order valence-corrected chi connectivity index (χ2v) is 6.84. The van der Waals surface area contributed by atoms with Crippen LogP contribution in [0, 0.1) is 18.8 Å². The van der Waals surface area contributed by atoms with Gasteiger partial charge in [0.05, 0.1) is 12.7 Å². The molecule has 2 rings (SSSR count). The zero-order valence-corrected chi connectivity index (χ0v) is 17.0. The first-order valence-electron chi connectivity index (χ1n) is 9.93. The Labute approximate surface area is 164 Å². The van der Waals surface area contributed by atoms with E-state index in [-0.39, 0.29) is 5.97 Å². The van der Waals surface area contributed by atoms with Crippen LogP contribution in [0.5, 0.6) is 0 Å². The van der Waals surface area contributed by atoms with E-state index >= 15 is 0 Å². The second-order valence-electron chi connectivity index (χ2n) is 6.84. The topological polar surface area (TPSA) is 26.3 Å². The van der Waals surface area contributed by atoms with Crippen LogP contribution in [0.15, 0.2) is 36.4 Å². The van der Waals surface area contributed by atoms with E-state index in [1.54, 1.807) is 0 Å². The normalized spacial score (nSPS) is 10.2. The number of hydrogen-bond acceptors (Lipinski definition) is 2. The van der Waals surface area contributed by atoms with Gasteiger partial charge in [-0.05, 0) is 54.5 Å². The highest BCUT2D eigenvalue weighted by molar-refractivity contribution is 5.95. The fourth-order valence-electron chi connectivity index (χ4n) is 3.28. The summed E-state index contributed by atoms with van der Waals surface area (Å²) in [7, 11) is 1.45. The van der Waals surface area contributed by atoms with Gasteiger partial charge in [-0.1, -0.05) is 68.9 Å². The molecule has 0 unspecified atom stereocenters. The molecule has 0 aromatic heterocycles. The van der Waals surface area contributed by atoms with E-state index in [4.69, 9.17) is 4.74 Å². The minimum Gasteiger partial charge on any atom is -0.465 e. The lowest BCUT2D eigenvalue weighted by Crippen LogP contribution is -2.11. The Morgan fingerprint density at radius 3 is 2.41 bits per heavy atom. The maximum Gasteiger partial charge on any atom is 0.338 e. The smallest absolute Gasteiger partial charge is 0.338 e. The Hall–Kier alpha value is -2.53. The van der Waals surface area contributed by atoms with Crippen LogP contribution in [-0.2, 0) is 11.2 Å². The Morgan fingerprint density at radius 1 is 1.07 bits per heavy atom. The van der Waals surface area contributed by atoms with Crippen molar-refractivity contribution in [2.75, 3.05) is 7.11 Å². The summed E-state index contributed by atoms with van der Waals surface area (Å²) in [4.78, 5) is 12.5. The Morgan fingerprint density at radius 2 is 1.78 bits per heavy atom. The number of hydrogen-bond donors (Lipinski definition) is 0. The van der Waals surface area contributed by atoms with Gasteiger partial charge in [-0.2, -0.15) is 0 Å². The first-order chi connectivity index (χ1) is 13.1. The predicted molar refractivity (Wildman–Crippen MR) is 113 cm³/mol. The monoisotopic (exact) mass is 362 g/mol. The van der Waals surface area contributed by atoms with Gasteiger partial charge in [-0.3, -0.25) is 0 Å². The van der Waals surface area contributed by atoms with E-state index in [9.17, 15) is 4.79 Å². The van der Waals surface area contributed by atoms with Crippen molar-refractivity contribution in [1.29, 1.82) is 0 Å². The summed E-state index contributed by atoms with van der Waals surface area (Å²) in [5.74, 6) is 6.48. The highest BCUT2D eigenvalue weighted by Crippen LogP contribution is 2.32. The van der Waals surface area contributed by atoms with Crippen molar-refractivity contribution in [2.24, 2.45) is 0 Å². The van der Waals surface area contributed by atoms with Crippen LogP contribution in [0.25, 0.3) is 11.1 Å². The Bertz CT molecular complexity index is 823. The quantitative estimate of drug-likeness (QED) is 0.327. The third kappa shape index (κ3) is 5.23. The maximum absolute atomic E-state index is 12.5. The van der Waals surface area contributed by atoms with Crippen molar-refractivity contribution in [3.05, 3.63) is 58.7 Å². The van der Waals surface area contributed by atoms with Gasteiger partial charge in [0.25, 0.3) is 0 Å². The number of aryl methyl sites for hydroxylation is 1. The lowest BCUT2D eigenvalue weighted by molar-refractivity contribution is 0.0598. The van der Waals surface area contributed by atoms with Gasteiger partial charge in [0.2, 0.25) is 0 Å². The average Bonchev–Trinajstić information content (AvgIpc) is 2.70. The molecule has 2 nitrogen and oxygen atoms in total. The van der Waals surface area contributed by atoms with Crippen molar-refractivity contribution >= 4 is 5.97 Å². The second kappa shape index (κ2) is 10.6. The summed E-state index contributed by atoms with van der Waals surface area (Å²) >= 11 is 0. The highest BCUT2D eigenvalue weighted by Gasteiger charge is 2.21. The van der Waals surface area contributed by atoms with Gasteiger partial charge in [0.15, 0.2) is 0 Å². The number of esters is 1. The van der Waals surface area contributed by atoms with E-state index in [1.807, 2.05) is 25.1 Å². The SMILES string of the molecule is CCCCC#Cc1c(-c2ccccc2)cc(C)c(C(=O)OC)c1CCCC. The van der Waals surface area contributed by atoms with Gasteiger partial charge in [0, 0.05) is 12.0 Å². The molecule has 0 radical (unpaired) electrons. The molecule has 0 N–H and O–H groups in total. The summed E-state index contributed by atoms with van der Waals surface area (Å²) in [6.07, 6.45) is 6.01. The van der Waals surface area contributed by atoms with Crippen LogP contribution in [0.4, 0.5) is 0 Å². The van der Waals surface area contributed by atoms with Crippen molar-refractivity contribution in [3.63, 3.8) is 0 Å². The van der Waals surface area contributed by atoms with Crippen molar-refractivity contribution in [3.8, 4) is 23.0 Å². The zero-order chi connectivity index (χ0) is 19.6. The summed E-state index contributed by atoms with van der Waals surface area (Å²) < 4.78 is 5.09. The van der Waals surface area contributed by atoms with Crippen LogP contribution >= 0.6 is 0 Å². The molecule has 0 aliphatic rings. The molecule has 0 bridgehead atoms. The Balaban J connectivity index is 2.73. The molecule has 0 heterocycles. The number of benzene rings is 2. The standard InChI is InChI=1S/C25H30O2/c1-5-7-9-13-17-21-22(16-8-6-2)24(25(26)27-4)19(3)18-23(21)20-14-11-10-12-15-20/h10-12,14-15,18H,5-9,16H2,1-4H3. The van der Waals surface area contributed by atoms with Gasteiger partial charge < -0.3 is 4.74 Å². The molecular formula is C25H30O2. The lowest BCUT2D eigenvalue weighted by Gasteiger charge is -2.17. The molecule has 0 amide bonds. The molecule has 0 fully saturated rings. The van der Waals surface area contributed by atoms with Gasteiger partial charge in [-0.15, -0.1) is 0 Å². The predicted octanol–water partition coefficient (Wildman–Crippen LogP) is 6.33. The van der Waals surface area contributed by atoms with Crippen LogP contribution in [-0.4, -0.2) is 13.1 Å². The molecule has 0 aliphatic carbocycles. The molecular weight excluding hydrogens is 332 g/mol. The summed E-state index contributed by atoms with van der Waals surface area (Å²) in [6.45, 7) is 6.33. The maximum atomic E-state index is 12.5. The van der Waals surface area contributed by atoms with E-state index in [0.29, 0.717) is 5.56 Å². The highest BCUT2D eigenvalue weighted by atomic mass is 16.5. The fraction of sp³-hybridized carbons (Fsp3) is 0.400. The Kier molecular flexibility index (Phi) is 8.14. The number of methoxy groups -OCH3 is 1. The third-order valence-electron chi connectivity index (χ3n) is 4.75. The molecule has 2 aromatic carbocycles. The molecule has 0 aliphatic heterocycles. The van der Waals surface area contributed by atoms with E-state index in [0.717, 1.165) is 66.3 Å². The molecule has 0 saturated carbocycles.